The van der Waals surface area contributed by atoms with Gasteiger partial charge in [-0.3, -0.25) is 30.6 Å². The standard InChI is InChI=1S/C50H47N4O8.W/c1-31-19-40-34(13-14-37-23-35-9-4-6-11-43(35)53(37)49(40)57)25-45(31)61-29-32-20-33(22-38(21-32)52(16-8-17-55)48(56)15-18-59-2)30-62-47-27-42-41(26-46(47)60-3)50(58)54-39(28-51-42)24-36-10-5-7-12-44(36)54;/h4-7,9-12,19-22,25-28,37,39H,8,13-16,18,23-24,29-30H2,1-3H3;/q-1;/t37-,39+;/m1./s1. The molecule has 0 aromatic heterocycles. The number of aliphatic imine (C=N–C) groups is 1. The average molecular weight is 1020 g/mol. The first kappa shape index (κ1) is 43.5. The smallest absolute Gasteiger partial charge is 0.261 e. The molecule has 12 nitrogen and oxygen atoms in total. The Balaban J connectivity index is 0.00000544. The van der Waals surface area contributed by atoms with Gasteiger partial charge in [-0.2, -0.15) is 0 Å². The van der Waals surface area contributed by atoms with Gasteiger partial charge in [0.1, 0.15) is 19.0 Å². The van der Waals surface area contributed by atoms with Crippen molar-refractivity contribution in [2.75, 3.05) is 42.1 Å². The van der Waals surface area contributed by atoms with Gasteiger partial charge in [0.05, 0.1) is 37.4 Å². The molecule has 0 saturated heterocycles. The molecule has 4 heterocycles. The number of methoxy groups -OCH3 is 2. The Kier molecular flexibility index (Phi) is 12.9. The first-order valence-electron chi connectivity index (χ1n) is 21.0. The summed E-state index contributed by atoms with van der Waals surface area (Å²) >= 11 is 0. The summed E-state index contributed by atoms with van der Waals surface area (Å²) in [6.45, 7) is 2.51. The molecule has 2 atom stereocenters. The summed E-state index contributed by atoms with van der Waals surface area (Å²) in [7, 11) is 3.06. The van der Waals surface area contributed by atoms with Crippen LogP contribution in [0.2, 0.25) is 0 Å². The average Bonchev–Trinajstić information content (AvgIpc) is 3.78. The van der Waals surface area contributed by atoms with Crippen molar-refractivity contribution < 1.29 is 59.2 Å². The van der Waals surface area contributed by atoms with Crippen LogP contribution in [0.15, 0.2) is 96.0 Å². The third-order valence-corrected chi connectivity index (χ3v) is 12.2. The third-order valence-electron chi connectivity index (χ3n) is 12.2. The molecule has 4 aliphatic rings. The zero-order valence-corrected chi connectivity index (χ0v) is 38.4. The van der Waals surface area contributed by atoms with Crippen molar-refractivity contribution in [1.82, 2.24) is 0 Å². The molecule has 0 spiro atoms. The van der Waals surface area contributed by atoms with Gasteiger partial charge in [0.15, 0.2) is 11.5 Å². The van der Waals surface area contributed by atoms with Crippen LogP contribution in [0.3, 0.4) is 0 Å². The van der Waals surface area contributed by atoms with Gasteiger partial charge in [0.2, 0.25) is 5.91 Å². The molecular weight excluding hydrogens is 968 g/mol. The van der Waals surface area contributed by atoms with Gasteiger partial charge in [-0.05, 0) is 108 Å². The quantitative estimate of drug-likeness (QED) is 0.103. The Morgan fingerprint density at radius 1 is 0.794 bits per heavy atom. The molecule has 4 aliphatic heterocycles. The Hall–Kier alpha value is -6.10. The van der Waals surface area contributed by atoms with Gasteiger partial charge < -0.3 is 33.5 Å². The first-order valence-corrected chi connectivity index (χ1v) is 21.0. The first-order chi connectivity index (χ1) is 30.2. The molecule has 5 aromatic carbocycles. The molecule has 0 N–H and O–H groups in total. The fourth-order valence-electron chi connectivity index (χ4n) is 9.17. The number of hydrogen-bond acceptors (Lipinski definition) is 9. The van der Waals surface area contributed by atoms with Gasteiger partial charge in [0, 0.05) is 82.1 Å². The van der Waals surface area contributed by atoms with Crippen LogP contribution in [0.1, 0.15) is 73.4 Å². The van der Waals surface area contributed by atoms with Crippen LogP contribution in [-0.4, -0.2) is 69.7 Å². The van der Waals surface area contributed by atoms with E-state index in [0.717, 1.165) is 58.5 Å². The maximum Gasteiger partial charge on any atom is 0.261 e. The van der Waals surface area contributed by atoms with Crippen LogP contribution in [0.25, 0.3) is 0 Å². The maximum absolute atomic E-state index is 14.0. The minimum atomic E-state index is -0.209. The van der Waals surface area contributed by atoms with Crippen LogP contribution in [-0.2, 0) is 67.9 Å². The monoisotopic (exact) mass is 1020 g/mol. The van der Waals surface area contributed by atoms with E-state index >= 15 is 0 Å². The van der Waals surface area contributed by atoms with Crippen molar-refractivity contribution in [3.8, 4) is 17.2 Å². The normalized spacial score (nSPS) is 16.6. The SMILES string of the molecule is COCCC(=O)N(CC[C-]=O)c1cc(COc2cc3c(cc2C)C(=O)N2c4ccccc4C[C@H]2CC3)cc(COc2cc3c(cc2OC)C(=O)N2c4ccccc4C[C@H]2C=N3)c1.[W]. The number of aryl methyl sites for hydroxylation is 2. The Bertz CT molecular complexity index is 2630. The number of nitrogens with zero attached hydrogens (tertiary/aromatic N) is 4. The summed E-state index contributed by atoms with van der Waals surface area (Å²) < 4.78 is 23.9. The van der Waals surface area contributed by atoms with Crippen molar-refractivity contribution in [1.29, 1.82) is 0 Å². The third kappa shape index (κ3) is 8.54. The number of benzene rings is 5. The number of anilines is 3. The summed E-state index contributed by atoms with van der Waals surface area (Å²) in [5, 5.41) is 0. The molecule has 322 valence electrons. The number of carbonyl (C=O) groups excluding carboxylic acids is 4. The number of rotatable bonds is 14. The fraction of sp³-hybridized carbons (Fsp3) is 0.300. The van der Waals surface area contributed by atoms with Gasteiger partial charge in [-0.25, -0.2) is 0 Å². The van der Waals surface area contributed by atoms with Gasteiger partial charge in [-0.1, -0.05) is 36.4 Å². The number of ether oxygens (including phenoxy) is 4. The summed E-state index contributed by atoms with van der Waals surface area (Å²) in [4.78, 5) is 63.1. The molecule has 0 unspecified atom stereocenters. The number of amides is 3. The molecule has 0 fully saturated rings. The molecule has 3 amide bonds. The van der Waals surface area contributed by atoms with E-state index in [-0.39, 0.29) is 90.1 Å². The molecule has 0 radical (unpaired) electrons. The summed E-state index contributed by atoms with van der Waals surface area (Å²) in [6, 6.07) is 29.0. The summed E-state index contributed by atoms with van der Waals surface area (Å²) in [5.74, 6) is 1.07. The molecule has 0 aliphatic carbocycles. The van der Waals surface area contributed by atoms with E-state index in [0.29, 0.717) is 46.2 Å². The van der Waals surface area contributed by atoms with E-state index < -0.39 is 0 Å². The second-order valence-electron chi connectivity index (χ2n) is 16.1. The van der Waals surface area contributed by atoms with Crippen molar-refractivity contribution in [2.45, 2.75) is 70.7 Å². The van der Waals surface area contributed by atoms with Crippen LogP contribution in [0, 0.1) is 6.92 Å². The fourth-order valence-corrected chi connectivity index (χ4v) is 9.17. The predicted molar refractivity (Wildman–Crippen MR) is 236 cm³/mol. The Labute approximate surface area is 381 Å². The largest absolute Gasteiger partial charge is 0.542 e. The molecule has 5 aromatic rings. The van der Waals surface area contributed by atoms with Crippen LogP contribution >= 0.6 is 0 Å². The van der Waals surface area contributed by atoms with Crippen molar-refractivity contribution in [3.05, 3.63) is 136 Å². The van der Waals surface area contributed by atoms with Gasteiger partial charge >= 0.3 is 0 Å². The second-order valence-corrected chi connectivity index (χ2v) is 16.1. The van der Waals surface area contributed by atoms with Crippen molar-refractivity contribution in [2.24, 2.45) is 4.99 Å². The summed E-state index contributed by atoms with van der Waals surface area (Å²) in [5.41, 5.74) is 9.58. The molecule has 9 rings (SSSR count). The van der Waals surface area contributed by atoms with Crippen LogP contribution in [0.5, 0.6) is 17.2 Å². The van der Waals surface area contributed by atoms with Crippen molar-refractivity contribution in [3.63, 3.8) is 0 Å². The zero-order chi connectivity index (χ0) is 42.9. The maximum atomic E-state index is 14.0. The van der Waals surface area contributed by atoms with E-state index in [9.17, 15) is 19.2 Å². The number of carbonyl (C=O) groups is 3. The van der Waals surface area contributed by atoms with E-state index in [2.05, 4.69) is 6.07 Å². The number of para-hydroxylation sites is 2. The molecule has 0 bridgehead atoms. The summed E-state index contributed by atoms with van der Waals surface area (Å²) in [6.07, 6.45) is 6.99. The Morgan fingerprint density at radius 2 is 1.48 bits per heavy atom. The van der Waals surface area contributed by atoms with Crippen molar-refractivity contribution >= 4 is 53.0 Å². The number of fused-ring (bicyclic) bond motifs is 8. The van der Waals surface area contributed by atoms with Gasteiger partial charge in [0.25, 0.3) is 11.8 Å². The minimum Gasteiger partial charge on any atom is -0.542 e. The predicted octanol–water partition coefficient (Wildman–Crippen LogP) is 7.83. The number of hydrogen-bond donors (Lipinski definition) is 0. The molecule has 13 heteroatoms. The second kappa shape index (κ2) is 18.7. The van der Waals surface area contributed by atoms with E-state index in [1.807, 2.05) is 97.1 Å². The van der Waals surface area contributed by atoms with Crippen LogP contribution < -0.4 is 28.9 Å². The minimum absolute atomic E-state index is 0. The zero-order valence-electron chi connectivity index (χ0n) is 35.4. The van der Waals surface area contributed by atoms with E-state index in [1.165, 1.54) is 19.8 Å². The molecule has 63 heavy (non-hydrogen) atoms. The van der Waals surface area contributed by atoms with E-state index in [1.54, 1.807) is 21.9 Å². The van der Waals surface area contributed by atoms with Crippen LogP contribution in [0.4, 0.5) is 22.7 Å². The van der Waals surface area contributed by atoms with Gasteiger partial charge in [-0.15, -0.1) is 6.42 Å². The molecular formula is C50H47N4O8W-. The molecule has 0 saturated carbocycles. The topological polar surface area (TPSA) is 127 Å². The van der Waals surface area contributed by atoms with E-state index in [4.69, 9.17) is 23.9 Å². The Morgan fingerprint density at radius 3 is 2.19 bits per heavy atom.